The second kappa shape index (κ2) is 9.71. The van der Waals surface area contributed by atoms with Crippen LogP contribution in [0.2, 0.25) is 0 Å². The van der Waals surface area contributed by atoms with Gasteiger partial charge in [0.25, 0.3) is 0 Å². The fraction of sp³-hybridized carbons (Fsp3) is 0.200. The average Bonchev–Trinajstić information content (AvgIpc) is 2.77. The van der Waals surface area contributed by atoms with Gasteiger partial charge in [-0.3, -0.25) is 9.59 Å². The molecule has 0 saturated heterocycles. The number of rotatable bonds is 8. The van der Waals surface area contributed by atoms with Crippen LogP contribution in [-0.4, -0.2) is 25.9 Å². The molecule has 0 aromatic heterocycles. The Kier molecular flexibility index (Phi) is 7.02. The molecule has 31 heavy (non-hydrogen) atoms. The van der Waals surface area contributed by atoms with Crippen molar-refractivity contribution in [3.63, 3.8) is 0 Å². The van der Waals surface area contributed by atoms with Crippen molar-refractivity contribution < 1.29 is 22.7 Å². The summed E-state index contributed by atoms with van der Waals surface area (Å²) in [5, 5.41) is 0. The Morgan fingerprint density at radius 3 is 1.94 bits per heavy atom. The van der Waals surface area contributed by atoms with Crippen LogP contribution < -0.4 is 0 Å². The summed E-state index contributed by atoms with van der Waals surface area (Å²) in [6.07, 6.45) is -1.49. The Balaban J connectivity index is 1.78. The lowest BCUT2D eigenvalue weighted by Gasteiger charge is -2.18. The van der Waals surface area contributed by atoms with Gasteiger partial charge in [-0.15, -0.1) is 0 Å². The first kappa shape index (κ1) is 22.4. The molecule has 0 saturated carbocycles. The second-order valence-electron chi connectivity index (χ2n) is 7.39. The molecule has 3 aromatic rings. The molecule has 3 rings (SSSR count). The number of ether oxygens (including phenoxy) is 1. The van der Waals surface area contributed by atoms with Gasteiger partial charge in [-0.2, -0.15) is 0 Å². The second-order valence-corrected chi connectivity index (χ2v) is 9.50. The lowest BCUT2D eigenvalue weighted by atomic mass is 9.98. The first-order valence-electron chi connectivity index (χ1n) is 9.91. The number of ketones is 1. The SMILES string of the molecule is Cc1ccc(C(=O)C(OC(=O)CCS(=O)(=O)c2ccccc2)c2ccc(C)cc2)cc1. The number of hydrogen-bond donors (Lipinski definition) is 0. The van der Waals surface area contributed by atoms with E-state index in [4.69, 9.17) is 4.74 Å². The smallest absolute Gasteiger partial charge is 0.307 e. The van der Waals surface area contributed by atoms with Gasteiger partial charge in [0.1, 0.15) is 0 Å². The van der Waals surface area contributed by atoms with Crippen molar-refractivity contribution in [2.45, 2.75) is 31.3 Å². The molecule has 1 atom stereocenters. The van der Waals surface area contributed by atoms with Crippen molar-refractivity contribution in [3.8, 4) is 0 Å². The van der Waals surface area contributed by atoms with Crippen molar-refractivity contribution in [1.82, 2.24) is 0 Å². The number of benzene rings is 3. The molecule has 0 heterocycles. The molecule has 0 N–H and O–H groups in total. The summed E-state index contributed by atoms with van der Waals surface area (Å²) in [5.74, 6) is -1.50. The van der Waals surface area contributed by atoms with Gasteiger partial charge in [0.15, 0.2) is 15.9 Å². The highest BCUT2D eigenvalue weighted by atomic mass is 32.2. The van der Waals surface area contributed by atoms with Gasteiger partial charge in [0, 0.05) is 11.1 Å². The molecule has 0 amide bonds. The Labute approximate surface area is 182 Å². The number of carbonyl (C=O) groups is 2. The summed E-state index contributed by atoms with van der Waals surface area (Å²) >= 11 is 0. The highest BCUT2D eigenvalue weighted by Crippen LogP contribution is 2.24. The van der Waals surface area contributed by atoms with E-state index in [0.717, 1.165) is 11.1 Å². The van der Waals surface area contributed by atoms with Gasteiger partial charge in [-0.1, -0.05) is 77.9 Å². The minimum absolute atomic E-state index is 0.147. The molecule has 0 spiro atoms. The third-order valence-corrected chi connectivity index (χ3v) is 6.61. The number of esters is 1. The van der Waals surface area contributed by atoms with Crippen LogP contribution >= 0.6 is 0 Å². The van der Waals surface area contributed by atoms with Crippen molar-refractivity contribution >= 4 is 21.6 Å². The van der Waals surface area contributed by atoms with Crippen molar-refractivity contribution in [2.75, 3.05) is 5.75 Å². The fourth-order valence-corrected chi connectivity index (χ4v) is 4.28. The maximum absolute atomic E-state index is 13.1. The summed E-state index contributed by atoms with van der Waals surface area (Å²) in [7, 11) is -3.62. The monoisotopic (exact) mass is 436 g/mol. The van der Waals surface area contributed by atoms with E-state index < -0.39 is 27.7 Å². The van der Waals surface area contributed by atoms with Gasteiger partial charge < -0.3 is 4.74 Å². The predicted octanol–water partition coefficient (Wildman–Crippen LogP) is 4.63. The minimum atomic E-state index is -3.62. The van der Waals surface area contributed by atoms with E-state index in [2.05, 4.69) is 0 Å². The van der Waals surface area contributed by atoms with Gasteiger partial charge in [0.2, 0.25) is 5.78 Å². The lowest BCUT2D eigenvalue weighted by Crippen LogP contribution is -2.22. The van der Waals surface area contributed by atoms with Crippen LogP contribution in [0.5, 0.6) is 0 Å². The van der Waals surface area contributed by atoms with E-state index >= 15 is 0 Å². The Bertz CT molecular complexity index is 1150. The molecule has 0 aliphatic carbocycles. The van der Waals surface area contributed by atoms with Crippen LogP contribution in [0.3, 0.4) is 0 Å². The highest BCUT2D eigenvalue weighted by molar-refractivity contribution is 7.91. The first-order valence-corrected chi connectivity index (χ1v) is 11.6. The number of aryl methyl sites for hydroxylation is 2. The molecule has 1 unspecified atom stereocenters. The predicted molar refractivity (Wildman–Crippen MR) is 119 cm³/mol. The van der Waals surface area contributed by atoms with Crippen LogP contribution in [-0.2, 0) is 19.4 Å². The van der Waals surface area contributed by atoms with Crippen LogP contribution in [0, 0.1) is 13.8 Å². The highest BCUT2D eigenvalue weighted by Gasteiger charge is 2.27. The fourth-order valence-electron chi connectivity index (χ4n) is 3.04. The maximum atomic E-state index is 13.1. The van der Waals surface area contributed by atoms with Crippen molar-refractivity contribution in [3.05, 3.63) is 101 Å². The Morgan fingerprint density at radius 2 is 1.35 bits per heavy atom. The lowest BCUT2D eigenvalue weighted by molar-refractivity contribution is -0.146. The first-order chi connectivity index (χ1) is 14.8. The van der Waals surface area contributed by atoms with Gasteiger partial charge in [0.05, 0.1) is 17.1 Å². The molecule has 160 valence electrons. The molecule has 0 aliphatic heterocycles. The molecule has 0 aliphatic rings. The summed E-state index contributed by atoms with van der Waals surface area (Å²) in [5.41, 5.74) is 2.97. The topological polar surface area (TPSA) is 77.5 Å². The van der Waals surface area contributed by atoms with Crippen LogP contribution in [0.25, 0.3) is 0 Å². The van der Waals surface area contributed by atoms with Crippen molar-refractivity contribution in [1.29, 1.82) is 0 Å². The summed E-state index contributed by atoms with van der Waals surface area (Å²) in [6.45, 7) is 3.83. The largest absolute Gasteiger partial charge is 0.449 e. The molecule has 0 bridgehead atoms. The van der Waals surface area contributed by atoms with Crippen LogP contribution in [0.4, 0.5) is 0 Å². The average molecular weight is 437 g/mol. The Hall–Kier alpha value is -3.25. The van der Waals surface area contributed by atoms with Gasteiger partial charge in [-0.25, -0.2) is 8.42 Å². The molecule has 5 nitrogen and oxygen atoms in total. The van der Waals surface area contributed by atoms with E-state index in [0.29, 0.717) is 11.1 Å². The third-order valence-electron chi connectivity index (χ3n) is 4.88. The summed E-state index contributed by atoms with van der Waals surface area (Å²) < 4.78 is 30.4. The van der Waals surface area contributed by atoms with Gasteiger partial charge in [-0.05, 0) is 26.0 Å². The molecule has 3 aromatic carbocycles. The zero-order valence-electron chi connectivity index (χ0n) is 17.4. The van der Waals surface area contributed by atoms with E-state index in [-0.39, 0.29) is 17.1 Å². The van der Waals surface area contributed by atoms with Crippen molar-refractivity contribution in [2.24, 2.45) is 0 Å². The van der Waals surface area contributed by atoms with Gasteiger partial charge >= 0.3 is 5.97 Å². The molecular formula is C25H24O5S. The summed E-state index contributed by atoms with van der Waals surface area (Å²) in [6, 6.07) is 22.1. The number of Topliss-reactive ketones (excluding diaryl/α,β-unsaturated/α-hetero) is 1. The van der Waals surface area contributed by atoms with E-state index in [1.165, 1.54) is 12.1 Å². The molecule has 0 radical (unpaired) electrons. The Morgan fingerprint density at radius 1 is 0.806 bits per heavy atom. The molecule has 6 heteroatoms. The summed E-state index contributed by atoms with van der Waals surface area (Å²) in [4.78, 5) is 25.8. The molecule has 0 fully saturated rings. The zero-order chi connectivity index (χ0) is 22.4. The van der Waals surface area contributed by atoms with Crippen LogP contribution in [0.15, 0.2) is 83.8 Å². The quantitative estimate of drug-likeness (QED) is 0.380. The molecular weight excluding hydrogens is 412 g/mol. The third kappa shape index (κ3) is 5.89. The van der Waals surface area contributed by atoms with Crippen LogP contribution in [0.1, 0.15) is 39.6 Å². The van der Waals surface area contributed by atoms with E-state index in [1.807, 2.05) is 38.1 Å². The zero-order valence-corrected chi connectivity index (χ0v) is 18.3. The number of sulfone groups is 1. The number of hydrogen-bond acceptors (Lipinski definition) is 5. The van der Waals surface area contributed by atoms with E-state index in [1.54, 1.807) is 42.5 Å². The van der Waals surface area contributed by atoms with E-state index in [9.17, 15) is 18.0 Å². The normalized spacial score (nSPS) is 12.2. The number of carbonyl (C=O) groups excluding carboxylic acids is 2. The standard InChI is InChI=1S/C25H24O5S/c1-18-8-12-20(13-9-18)24(27)25(21-14-10-19(2)11-15-21)30-23(26)16-17-31(28,29)22-6-4-3-5-7-22/h3-15,25H,16-17H2,1-2H3. The minimum Gasteiger partial charge on any atom is -0.449 e. The maximum Gasteiger partial charge on any atom is 0.307 e.